The van der Waals surface area contributed by atoms with Crippen molar-refractivity contribution in [3.8, 4) is 0 Å². The molecule has 0 aromatic carbocycles. The first-order valence-corrected chi connectivity index (χ1v) is 5.08. The first-order valence-electron chi connectivity index (χ1n) is 5.08. The Labute approximate surface area is 84.0 Å². The Balaban J connectivity index is 1.72. The second kappa shape index (κ2) is 3.35. The van der Waals surface area contributed by atoms with Crippen LogP contribution in [-0.4, -0.2) is 16.9 Å². The summed E-state index contributed by atoms with van der Waals surface area (Å²) in [7, 11) is 0. The molecule has 0 bridgehead atoms. The van der Waals surface area contributed by atoms with Crippen LogP contribution >= 0.6 is 0 Å². The minimum absolute atomic E-state index is 0.546. The van der Waals surface area contributed by atoms with Gasteiger partial charge in [-0.15, -0.1) is 0 Å². The Kier molecular flexibility index (Phi) is 2.31. The van der Waals surface area contributed by atoms with Crippen molar-refractivity contribution in [3.63, 3.8) is 0 Å². The largest absolute Gasteiger partial charge is 0.311 e. The van der Waals surface area contributed by atoms with Crippen LogP contribution in [0.25, 0.3) is 0 Å². The summed E-state index contributed by atoms with van der Waals surface area (Å²) < 4.78 is 4.62. The second-order valence-corrected chi connectivity index (χ2v) is 4.82. The average Bonchev–Trinajstić information content (AvgIpc) is 2.53. The normalized spacial score (nSPS) is 23.8. The van der Waals surface area contributed by atoms with E-state index in [1.54, 1.807) is 0 Å². The lowest BCUT2D eigenvalue weighted by atomic mass is 10.1. The van der Waals surface area contributed by atoms with E-state index in [0.717, 1.165) is 30.4 Å². The maximum atomic E-state index is 4.62. The summed E-state index contributed by atoms with van der Waals surface area (Å²) in [6.07, 6.45) is 1.33. The minimum Gasteiger partial charge on any atom is -0.311 e. The van der Waals surface area contributed by atoms with Crippen molar-refractivity contribution in [1.82, 2.24) is 15.6 Å². The number of aromatic nitrogens is 2. The summed E-state index contributed by atoms with van der Waals surface area (Å²) in [5.41, 5.74) is 2.35. The van der Waals surface area contributed by atoms with Gasteiger partial charge in [0.1, 0.15) is 11.4 Å². The summed E-state index contributed by atoms with van der Waals surface area (Å²) >= 11 is 0. The molecule has 1 aromatic heterocycles. The van der Waals surface area contributed by atoms with E-state index < -0.39 is 0 Å². The van der Waals surface area contributed by atoms with Crippen LogP contribution in [0.2, 0.25) is 0 Å². The average molecular weight is 195 g/mol. The lowest BCUT2D eigenvalue weighted by Crippen LogP contribution is -2.18. The number of hydrogen-bond acceptors (Lipinski definition) is 4. The lowest BCUT2D eigenvalue weighted by Gasteiger charge is -2.03. The minimum atomic E-state index is 0.546. The van der Waals surface area contributed by atoms with Crippen LogP contribution in [0.5, 0.6) is 0 Å². The van der Waals surface area contributed by atoms with E-state index in [9.17, 15) is 0 Å². The van der Waals surface area contributed by atoms with Crippen molar-refractivity contribution in [2.75, 3.05) is 6.54 Å². The van der Waals surface area contributed by atoms with Gasteiger partial charge >= 0.3 is 0 Å². The molecule has 0 saturated heterocycles. The van der Waals surface area contributed by atoms with Crippen LogP contribution in [-0.2, 0) is 6.54 Å². The van der Waals surface area contributed by atoms with Crippen molar-refractivity contribution in [1.29, 1.82) is 0 Å². The van der Waals surface area contributed by atoms with Gasteiger partial charge in [0, 0.05) is 6.54 Å². The molecule has 4 heteroatoms. The molecular formula is C10H17N3O. The van der Waals surface area contributed by atoms with Gasteiger partial charge in [-0.1, -0.05) is 24.2 Å². The predicted octanol–water partition coefficient (Wildman–Crippen LogP) is 1.51. The van der Waals surface area contributed by atoms with E-state index in [2.05, 4.69) is 34.1 Å². The molecule has 1 saturated carbocycles. The van der Waals surface area contributed by atoms with Gasteiger partial charge in [0.05, 0.1) is 0 Å². The van der Waals surface area contributed by atoms with Crippen LogP contribution in [0.15, 0.2) is 4.63 Å². The van der Waals surface area contributed by atoms with Crippen LogP contribution < -0.4 is 5.32 Å². The Bertz CT molecular complexity index is 319. The fourth-order valence-electron chi connectivity index (χ4n) is 1.70. The third-order valence-electron chi connectivity index (χ3n) is 3.15. The van der Waals surface area contributed by atoms with Crippen LogP contribution in [0, 0.1) is 18.3 Å². The number of hydrogen-bond donors (Lipinski definition) is 1. The van der Waals surface area contributed by atoms with Crippen molar-refractivity contribution < 1.29 is 4.63 Å². The highest BCUT2D eigenvalue weighted by Crippen LogP contribution is 2.50. The fraction of sp³-hybridized carbons (Fsp3) is 0.800. The summed E-state index contributed by atoms with van der Waals surface area (Å²) in [5, 5.41) is 10.9. The highest BCUT2D eigenvalue weighted by molar-refractivity contribution is 5.04. The number of aryl methyl sites for hydroxylation is 1. The highest BCUT2D eigenvalue weighted by atomic mass is 16.6. The maximum Gasteiger partial charge on any atom is 0.121 e. The Morgan fingerprint density at radius 2 is 2.21 bits per heavy atom. The molecule has 1 fully saturated rings. The Morgan fingerprint density at radius 1 is 1.50 bits per heavy atom. The summed E-state index contributed by atoms with van der Waals surface area (Å²) in [6, 6.07) is 0. The maximum absolute atomic E-state index is 4.62. The number of rotatable bonds is 4. The zero-order chi connectivity index (χ0) is 10.2. The van der Waals surface area contributed by atoms with Crippen LogP contribution in [0.4, 0.5) is 0 Å². The molecule has 1 aliphatic carbocycles. The quantitative estimate of drug-likeness (QED) is 0.791. The van der Waals surface area contributed by atoms with E-state index in [1.165, 1.54) is 6.42 Å². The lowest BCUT2D eigenvalue weighted by molar-refractivity contribution is 0.300. The molecule has 14 heavy (non-hydrogen) atoms. The van der Waals surface area contributed by atoms with Crippen molar-refractivity contribution >= 4 is 0 Å². The highest BCUT2D eigenvalue weighted by Gasteiger charge is 2.44. The molecule has 0 aliphatic heterocycles. The third-order valence-corrected chi connectivity index (χ3v) is 3.15. The van der Waals surface area contributed by atoms with Gasteiger partial charge in [-0.25, -0.2) is 4.63 Å². The van der Waals surface area contributed by atoms with Gasteiger partial charge in [-0.2, -0.15) is 0 Å². The predicted molar refractivity (Wildman–Crippen MR) is 52.6 cm³/mol. The van der Waals surface area contributed by atoms with Crippen molar-refractivity contribution in [3.05, 3.63) is 11.4 Å². The molecule has 2 rings (SSSR count). The number of nitrogens with one attached hydrogen (secondary N) is 1. The third kappa shape index (κ3) is 1.95. The molecule has 1 aromatic rings. The van der Waals surface area contributed by atoms with E-state index in [4.69, 9.17) is 0 Å². The fourth-order valence-corrected chi connectivity index (χ4v) is 1.70. The van der Waals surface area contributed by atoms with Crippen LogP contribution in [0.1, 0.15) is 31.7 Å². The SMILES string of the molecule is Cc1nonc1CNCC1CC1(C)C. The molecule has 78 valence electrons. The van der Waals surface area contributed by atoms with E-state index >= 15 is 0 Å². The smallest absolute Gasteiger partial charge is 0.121 e. The van der Waals surface area contributed by atoms with Gasteiger partial charge in [0.15, 0.2) is 0 Å². The van der Waals surface area contributed by atoms with Crippen molar-refractivity contribution in [2.45, 2.75) is 33.7 Å². The zero-order valence-corrected chi connectivity index (χ0v) is 9.00. The van der Waals surface area contributed by atoms with Crippen molar-refractivity contribution in [2.24, 2.45) is 11.3 Å². The topological polar surface area (TPSA) is 51.0 Å². The molecule has 1 unspecified atom stereocenters. The molecule has 4 nitrogen and oxygen atoms in total. The van der Waals surface area contributed by atoms with Gasteiger partial charge in [-0.05, 0) is 31.2 Å². The summed E-state index contributed by atoms with van der Waals surface area (Å²) in [5.74, 6) is 0.822. The first kappa shape index (κ1) is 9.65. The molecule has 0 spiro atoms. The molecular weight excluding hydrogens is 178 g/mol. The first-order chi connectivity index (χ1) is 6.59. The summed E-state index contributed by atoms with van der Waals surface area (Å²) in [4.78, 5) is 0. The van der Waals surface area contributed by atoms with E-state index in [0.29, 0.717) is 5.41 Å². The number of nitrogens with zero attached hydrogens (tertiary/aromatic N) is 2. The molecule has 1 aliphatic rings. The summed E-state index contributed by atoms with van der Waals surface area (Å²) in [6.45, 7) is 8.36. The molecule has 1 N–H and O–H groups in total. The zero-order valence-electron chi connectivity index (χ0n) is 9.00. The monoisotopic (exact) mass is 195 g/mol. The van der Waals surface area contributed by atoms with Gasteiger partial charge in [0.25, 0.3) is 0 Å². The second-order valence-electron chi connectivity index (χ2n) is 4.82. The van der Waals surface area contributed by atoms with E-state index in [1.807, 2.05) is 6.92 Å². The van der Waals surface area contributed by atoms with Gasteiger partial charge in [0.2, 0.25) is 0 Å². The van der Waals surface area contributed by atoms with Gasteiger partial charge in [-0.3, -0.25) is 0 Å². The Morgan fingerprint density at radius 3 is 2.71 bits per heavy atom. The van der Waals surface area contributed by atoms with E-state index in [-0.39, 0.29) is 0 Å². The molecule has 0 amide bonds. The van der Waals surface area contributed by atoms with Gasteiger partial charge < -0.3 is 5.32 Å². The molecule has 1 atom stereocenters. The Hall–Kier alpha value is -0.900. The van der Waals surface area contributed by atoms with Crippen LogP contribution in [0.3, 0.4) is 0 Å². The standard InChI is InChI=1S/C10H17N3O/c1-7-9(13-14-12-7)6-11-5-8-4-10(8,2)3/h8,11H,4-6H2,1-3H3. The molecule has 1 heterocycles. The molecule has 0 radical (unpaired) electrons.